The minimum atomic E-state index is -2.66. The van der Waals surface area contributed by atoms with Crippen LogP contribution in [0.25, 0.3) is 11.1 Å². The van der Waals surface area contributed by atoms with Crippen LogP contribution in [0.1, 0.15) is 128 Å². The van der Waals surface area contributed by atoms with E-state index in [0.717, 1.165) is 119 Å². The van der Waals surface area contributed by atoms with Crippen LogP contribution in [0.5, 0.6) is 5.75 Å². The summed E-state index contributed by atoms with van der Waals surface area (Å²) in [5.41, 5.74) is 5.89. The largest absolute Gasteiger partial charge is 0.490 e. The van der Waals surface area contributed by atoms with Gasteiger partial charge in [0.15, 0.2) is 17.3 Å². The Kier molecular flexibility index (Phi) is 13.8. The number of piperidine rings is 1. The number of fused-ring (bicyclic) bond motifs is 2. The number of alkyl halides is 2. The van der Waals surface area contributed by atoms with Gasteiger partial charge in [-0.3, -0.25) is 19.0 Å². The number of rotatable bonds is 11. The maximum atomic E-state index is 14.8. The van der Waals surface area contributed by atoms with E-state index in [4.69, 9.17) is 26.7 Å². The van der Waals surface area contributed by atoms with E-state index in [1.54, 1.807) is 61.4 Å². The summed E-state index contributed by atoms with van der Waals surface area (Å²) in [5.74, 6) is 2.02. The Morgan fingerprint density at radius 1 is 0.929 bits per heavy atom. The Morgan fingerprint density at radius 2 is 1.70 bits per heavy atom. The summed E-state index contributed by atoms with van der Waals surface area (Å²) in [5, 5.41) is 31.1. The molecular weight excluding hydrogens is 914 g/mol. The van der Waals surface area contributed by atoms with Crippen LogP contribution in [0, 0.1) is 11.3 Å². The molecule has 3 aliphatic heterocycles. The number of nitriles is 1. The molecule has 0 radical (unpaired) electrons. The number of ether oxygens (including phenoxy) is 1. The number of hydrogen-bond acceptors (Lipinski definition) is 11. The molecule has 6 heterocycles. The maximum absolute atomic E-state index is 14.8. The summed E-state index contributed by atoms with van der Waals surface area (Å²) in [6.45, 7) is 5.08. The lowest BCUT2D eigenvalue weighted by atomic mass is 9.88. The van der Waals surface area contributed by atoms with Crippen molar-refractivity contribution in [3.05, 3.63) is 93.5 Å². The van der Waals surface area contributed by atoms with Crippen molar-refractivity contribution in [2.24, 2.45) is 7.05 Å². The lowest BCUT2D eigenvalue weighted by Gasteiger charge is -2.43. The van der Waals surface area contributed by atoms with Crippen molar-refractivity contribution < 1.29 is 23.1 Å². The predicted octanol–water partition coefficient (Wildman–Crippen LogP) is 8.73. The van der Waals surface area contributed by atoms with Gasteiger partial charge in [0.05, 0.1) is 35.5 Å². The molecule has 10 rings (SSSR count). The standard InChI is InChI=1S/C52H61ClF2N12O3/c1-32(68)65-24-20-47-44(31-65)51(66-21-4-5-33-25-42(35-29-57-62(2)30-35)43(50(54)55)27-48(33)66)61-67(47)39-11-9-37(10-12-39)63(3)38-18-22-64(23-19-38)49-17-16-46(59-60-49)52(69)58-36-7-14-40(15-8-36)70-41-13-6-34(28-56)45(53)26-41/h6,13,16-17,25-27,29-30,36-40,50H,4-5,7-12,14-15,18-24,31H2,1-3H3,(H,58,69). The first kappa shape index (κ1) is 47.6. The van der Waals surface area contributed by atoms with E-state index in [0.29, 0.717) is 71.3 Å². The summed E-state index contributed by atoms with van der Waals surface area (Å²) in [4.78, 5) is 34.8. The molecule has 368 valence electrons. The van der Waals surface area contributed by atoms with Gasteiger partial charge in [-0.2, -0.15) is 15.5 Å². The Morgan fingerprint density at radius 3 is 2.37 bits per heavy atom. The first-order valence-corrected chi connectivity index (χ1v) is 25.3. The van der Waals surface area contributed by atoms with E-state index in [9.17, 15) is 18.4 Å². The number of aryl methyl sites for hydroxylation is 2. The van der Waals surface area contributed by atoms with Gasteiger partial charge >= 0.3 is 0 Å². The fourth-order valence-electron chi connectivity index (χ4n) is 11.6. The molecule has 0 unspecified atom stereocenters. The average Bonchev–Trinajstić information content (AvgIpc) is 3.99. The van der Waals surface area contributed by atoms with E-state index >= 15 is 0 Å². The van der Waals surface area contributed by atoms with Gasteiger partial charge in [-0.15, -0.1) is 10.2 Å². The van der Waals surface area contributed by atoms with Gasteiger partial charge in [-0.05, 0) is 132 Å². The highest BCUT2D eigenvalue weighted by Crippen LogP contribution is 2.44. The molecule has 15 nitrogen and oxygen atoms in total. The molecule has 5 aromatic rings. The minimum Gasteiger partial charge on any atom is -0.490 e. The molecule has 70 heavy (non-hydrogen) atoms. The highest BCUT2D eigenvalue weighted by atomic mass is 35.5. The Labute approximate surface area is 412 Å². The molecule has 2 amide bonds. The van der Waals surface area contributed by atoms with Gasteiger partial charge in [0.25, 0.3) is 12.3 Å². The molecule has 2 aliphatic carbocycles. The highest BCUT2D eigenvalue weighted by molar-refractivity contribution is 6.31. The number of anilines is 3. The zero-order valence-corrected chi connectivity index (χ0v) is 40.9. The number of carbonyl (C=O) groups excluding carboxylic acids is 2. The highest BCUT2D eigenvalue weighted by Gasteiger charge is 2.37. The number of carbonyl (C=O) groups is 2. The summed E-state index contributed by atoms with van der Waals surface area (Å²) in [6.07, 6.45) is 12.3. The SMILES string of the molecule is CC(=O)N1CCc2c(c(N3CCCc4cc(-c5cnn(C)c5)c(C(F)F)cc43)nn2C2CCC(N(C)C3CCN(c4ccc(C(=O)NC5CCC(Oc6ccc(C#N)c(Cl)c6)CC5)nn4)CC3)CC2)C1. The zero-order valence-electron chi connectivity index (χ0n) is 40.2. The topological polar surface area (TPSA) is 154 Å². The fourth-order valence-corrected chi connectivity index (χ4v) is 11.9. The van der Waals surface area contributed by atoms with E-state index < -0.39 is 6.43 Å². The number of benzene rings is 2. The normalized spacial score (nSPS) is 21.9. The number of amides is 2. The second-order valence-corrected chi connectivity index (χ2v) is 20.3. The van der Waals surface area contributed by atoms with Crippen molar-refractivity contribution in [2.45, 2.75) is 134 Å². The smallest absolute Gasteiger partial charge is 0.272 e. The van der Waals surface area contributed by atoms with Crippen LogP contribution < -0.4 is 19.9 Å². The van der Waals surface area contributed by atoms with Crippen LogP contribution in [0.2, 0.25) is 5.02 Å². The van der Waals surface area contributed by atoms with Crippen molar-refractivity contribution in [3.63, 3.8) is 0 Å². The zero-order chi connectivity index (χ0) is 48.6. The molecule has 18 heteroatoms. The van der Waals surface area contributed by atoms with E-state index in [1.807, 2.05) is 17.0 Å². The summed E-state index contributed by atoms with van der Waals surface area (Å²) < 4.78 is 39.6. The maximum Gasteiger partial charge on any atom is 0.272 e. The lowest BCUT2D eigenvalue weighted by Crippen LogP contribution is -2.48. The Bertz CT molecular complexity index is 2750. The molecule has 0 atom stereocenters. The summed E-state index contributed by atoms with van der Waals surface area (Å²) in [6, 6.07) is 15.6. The monoisotopic (exact) mass is 974 g/mol. The third-order valence-electron chi connectivity index (χ3n) is 15.6. The molecule has 1 saturated heterocycles. The van der Waals surface area contributed by atoms with Gasteiger partial charge in [0, 0.05) is 105 Å². The fraction of sp³-hybridized carbons (Fsp3) is 0.519. The van der Waals surface area contributed by atoms with E-state index in [2.05, 4.69) is 53.1 Å². The number of aromatic nitrogens is 6. The van der Waals surface area contributed by atoms with Crippen LogP contribution >= 0.6 is 11.6 Å². The van der Waals surface area contributed by atoms with Gasteiger partial charge in [-0.25, -0.2) is 8.78 Å². The van der Waals surface area contributed by atoms with E-state index in [-0.39, 0.29) is 35.6 Å². The molecule has 0 spiro atoms. The molecule has 2 aromatic carbocycles. The molecule has 0 bridgehead atoms. The van der Waals surface area contributed by atoms with Crippen LogP contribution in [-0.4, -0.2) is 109 Å². The summed E-state index contributed by atoms with van der Waals surface area (Å²) >= 11 is 6.18. The van der Waals surface area contributed by atoms with Crippen LogP contribution in [0.4, 0.5) is 26.1 Å². The quantitative estimate of drug-likeness (QED) is 0.135. The molecule has 3 aromatic heterocycles. The first-order chi connectivity index (χ1) is 33.9. The second-order valence-electron chi connectivity index (χ2n) is 19.9. The molecule has 5 aliphatic rings. The first-order valence-electron chi connectivity index (χ1n) is 25.0. The number of nitrogens with zero attached hydrogens (tertiary/aromatic N) is 11. The molecule has 3 fully saturated rings. The number of hydrogen-bond donors (Lipinski definition) is 1. The number of nitrogens with one attached hydrogen (secondary N) is 1. The van der Waals surface area contributed by atoms with Gasteiger partial charge in [-0.1, -0.05) is 11.6 Å². The van der Waals surface area contributed by atoms with Gasteiger partial charge < -0.3 is 29.7 Å². The predicted molar refractivity (Wildman–Crippen MR) is 263 cm³/mol. The van der Waals surface area contributed by atoms with Crippen molar-refractivity contribution in [2.75, 3.05) is 43.0 Å². The van der Waals surface area contributed by atoms with Crippen LogP contribution in [0.3, 0.4) is 0 Å². The third-order valence-corrected chi connectivity index (χ3v) is 15.9. The molecule has 2 saturated carbocycles. The van der Waals surface area contributed by atoms with Crippen LogP contribution in [-0.2, 0) is 31.2 Å². The van der Waals surface area contributed by atoms with Crippen molar-refractivity contribution in [1.82, 2.24) is 44.9 Å². The number of halogens is 3. The minimum absolute atomic E-state index is 0.0122. The molecule has 1 N–H and O–H groups in total. The van der Waals surface area contributed by atoms with Gasteiger partial charge in [0.2, 0.25) is 5.91 Å². The Hall–Kier alpha value is -6.12. The van der Waals surface area contributed by atoms with Crippen LogP contribution in [0.15, 0.2) is 54.9 Å². The molecular formula is C52H61ClF2N12O3. The van der Waals surface area contributed by atoms with Gasteiger partial charge in [0.1, 0.15) is 11.8 Å². The average molecular weight is 976 g/mol. The second kappa shape index (κ2) is 20.3. The van der Waals surface area contributed by atoms with E-state index in [1.165, 1.54) is 5.69 Å². The lowest BCUT2D eigenvalue weighted by molar-refractivity contribution is -0.129. The van der Waals surface area contributed by atoms with Crippen molar-refractivity contribution in [1.29, 1.82) is 5.26 Å². The third kappa shape index (κ3) is 9.81. The summed E-state index contributed by atoms with van der Waals surface area (Å²) in [7, 11) is 4.06. The van der Waals surface area contributed by atoms with Crippen molar-refractivity contribution >= 4 is 40.7 Å². The Balaban J connectivity index is 0.736. The van der Waals surface area contributed by atoms with Crippen molar-refractivity contribution in [3.8, 4) is 22.9 Å².